The average Bonchev–Trinajstić information content (AvgIpc) is 2.82. The zero-order valence-corrected chi connectivity index (χ0v) is 12.5. The number of H-pyrrole nitrogens is 1. The van der Waals surface area contributed by atoms with Crippen LogP contribution in [-0.4, -0.2) is 16.1 Å². The fourth-order valence-corrected chi connectivity index (χ4v) is 1.80. The van der Waals surface area contributed by atoms with E-state index >= 15 is 0 Å². The van der Waals surface area contributed by atoms with Crippen molar-refractivity contribution in [3.63, 3.8) is 0 Å². The van der Waals surface area contributed by atoms with Gasteiger partial charge in [0.15, 0.2) is 5.82 Å². The number of amides is 1. The lowest BCUT2D eigenvalue weighted by Crippen LogP contribution is -2.14. The lowest BCUT2D eigenvalue weighted by atomic mass is 9.92. The molecule has 21 heavy (non-hydrogen) atoms. The Bertz CT molecular complexity index is 692. The predicted octanol–water partition coefficient (Wildman–Crippen LogP) is 3.89. The van der Waals surface area contributed by atoms with Crippen molar-refractivity contribution in [1.82, 2.24) is 10.2 Å². The van der Waals surface area contributed by atoms with Crippen LogP contribution in [0.4, 0.5) is 14.6 Å². The minimum Gasteiger partial charge on any atom is -0.305 e. The number of carbonyl (C=O) groups excluding carboxylic acids is 1. The van der Waals surface area contributed by atoms with E-state index in [2.05, 4.69) is 15.5 Å². The molecule has 0 atom stereocenters. The second-order valence-electron chi connectivity index (χ2n) is 5.62. The van der Waals surface area contributed by atoms with Crippen LogP contribution >= 0.6 is 11.6 Å². The van der Waals surface area contributed by atoms with Crippen molar-refractivity contribution in [3.8, 4) is 0 Å². The third-order valence-corrected chi connectivity index (χ3v) is 3.17. The first-order valence-electron chi connectivity index (χ1n) is 6.20. The molecule has 0 aliphatic heterocycles. The number of hydrogen-bond donors (Lipinski definition) is 2. The molecular weight excluding hydrogens is 300 g/mol. The molecule has 4 nitrogen and oxygen atoms in total. The standard InChI is InChI=1S/C14H14ClF2N3O/c1-14(2,3)11-6-12(20-19-11)18-13(21)7-4-10(17)8(15)5-9(7)16/h4-6H,1-3H3,(H2,18,19,20,21). The van der Waals surface area contributed by atoms with Crippen molar-refractivity contribution in [3.05, 3.63) is 46.1 Å². The number of aromatic amines is 1. The number of halogens is 3. The van der Waals surface area contributed by atoms with E-state index in [0.29, 0.717) is 0 Å². The molecule has 0 bridgehead atoms. The molecule has 0 spiro atoms. The Balaban J connectivity index is 2.22. The highest BCUT2D eigenvalue weighted by molar-refractivity contribution is 6.30. The fourth-order valence-electron chi connectivity index (χ4n) is 1.65. The molecule has 0 saturated heterocycles. The lowest BCUT2D eigenvalue weighted by Gasteiger charge is -2.14. The van der Waals surface area contributed by atoms with E-state index < -0.39 is 23.1 Å². The number of aromatic nitrogens is 2. The fraction of sp³-hybridized carbons (Fsp3) is 0.286. The first-order valence-corrected chi connectivity index (χ1v) is 6.58. The van der Waals surface area contributed by atoms with Gasteiger partial charge in [0.1, 0.15) is 11.6 Å². The minimum absolute atomic E-state index is 0.173. The number of benzene rings is 1. The highest BCUT2D eigenvalue weighted by atomic mass is 35.5. The Morgan fingerprint density at radius 1 is 1.24 bits per heavy atom. The Kier molecular flexibility index (Phi) is 4.00. The minimum atomic E-state index is -0.898. The molecule has 2 N–H and O–H groups in total. The van der Waals surface area contributed by atoms with E-state index in [-0.39, 0.29) is 16.3 Å². The summed E-state index contributed by atoms with van der Waals surface area (Å²) in [6.07, 6.45) is 0. The molecule has 0 aliphatic carbocycles. The molecule has 1 aromatic carbocycles. The van der Waals surface area contributed by atoms with Gasteiger partial charge < -0.3 is 5.32 Å². The topological polar surface area (TPSA) is 57.8 Å². The zero-order valence-electron chi connectivity index (χ0n) is 11.7. The number of rotatable bonds is 2. The summed E-state index contributed by atoms with van der Waals surface area (Å²) in [6.45, 7) is 5.92. The molecule has 2 rings (SSSR count). The van der Waals surface area contributed by atoms with Crippen molar-refractivity contribution in [2.24, 2.45) is 0 Å². The van der Waals surface area contributed by atoms with E-state index in [1.807, 2.05) is 20.8 Å². The second-order valence-corrected chi connectivity index (χ2v) is 6.02. The van der Waals surface area contributed by atoms with Gasteiger partial charge in [-0.2, -0.15) is 5.10 Å². The summed E-state index contributed by atoms with van der Waals surface area (Å²) >= 11 is 5.44. The van der Waals surface area contributed by atoms with E-state index in [4.69, 9.17) is 11.6 Å². The van der Waals surface area contributed by atoms with Crippen LogP contribution in [0.2, 0.25) is 5.02 Å². The summed E-state index contributed by atoms with van der Waals surface area (Å²) in [7, 11) is 0. The number of anilines is 1. The maximum absolute atomic E-state index is 13.6. The molecule has 2 aromatic rings. The van der Waals surface area contributed by atoms with Gasteiger partial charge in [-0.05, 0) is 12.1 Å². The van der Waals surface area contributed by atoms with E-state index in [0.717, 1.165) is 17.8 Å². The maximum Gasteiger partial charge on any atom is 0.259 e. The first kappa shape index (κ1) is 15.4. The van der Waals surface area contributed by atoms with Crippen LogP contribution in [0.5, 0.6) is 0 Å². The first-order chi connectivity index (χ1) is 9.68. The monoisotopic (exact) mass is 313 g/mol. The number of nitrogens with one attached hydrogen (secondary N) is 2. The van der Waals surface area contributed by atoms with Gasteiger partial charge in [-0.3, -0.25) is 9.89 Å². The molecule has 0 fully saturated rings. The van der Waals surface area contributed by atoms with Crippen LogP contribution < -0.4 is 5.32 Å². The molecule has 112 valence electrons. The van der Waals surface area contributed by atoms with Gasteiger partial charge in [0, 0.05) is 17.2 Å². The van der Waals surface area contributed by atoms with Gasteiger partial charge in [0.25, 0.3) is 5.91 Å². The van der Waals surface area contributed by atoms with Crippen molar-refractivity contribution >= 4 is 23.3 Å². The van der Waals surface area contributed by atoms with Crippen LogP contribution in [-0.2, 0) is 5.41 Å². The quantitative estimate of drug-likeness (QED) is 0.826. The second kappa shape index (κ2) is 5.44. The van der Waals surface area contributed by atoms with Crippen molar-refractivity contribution in [1.29, 1.82) is 0 Å². The molecule has 1 aromatic heterocycles. The van der Waals surface area contributed by atoms with Gasteiger partial charge >= 0.3 is 0 Å². The Hall–Kier alpha value is -1.95. The third kappa shape index (κ3) is 3.39. The van der Waals surface area contributed by atoms with Crippen molar-refractivity contribution in [2.45, 2.75) is 26.2 Å². The van der Waals surface area contributed by atoms with Crippen LogP contribution in [0.3, 0.4) is 0 Å². The summed E-state index contributed by atoms with van der Waals surface area (Å²) in [6, 6.07) is 3.16. The largest absolute Gasteiger partial charge is 0.305 e. The normalized spacial score (nSPS) is 11.5. The zero-order chi connectivity index (χ0) is 15.8. The third-order valence-electron chi connectivity index (χ3n) is 2.88. The summed E-state index contributed by atoms with van der Waals surface area (Å²) in [5.74, 6) is -2.32. The molecular formula is C14H14ClF2N3O. The van der Waals surface area contributed by atoms with Gasteiger partial charge in [0.2, 0.25) is 0 Å². The summed E-state index contributed by atoms with van der Waals surface area (Å²) < 4.78 is 27.0. The van der Waals surface area contributed by atoms with E-state index in [1.54, 1.807) is 6.07 Å². The maximum atomic E-state index is 13.6. The number of carbonyl (C=O) groups is 1. The molecule has 7 heteroatoms. The van der Waals surface area contributed by atoms with E-state index in [9.17, 15) is 13.6 Å². The Morgan fingerprint density at radius 3 is 2.48 bits per heavy atom. The predicted molar refractivity (Wildman–Crippen MR) is 76.6 cm³/mol. The molecule has 0 aliphatic rings. The van der Waals surface area contributed by atoms with Gasteiger partial charge in [-0.25, -0.2) is 8.78 Å². The van der Waals surface area contributed by atoms with Crippen molar-refractivity contribution < 1.29 is 13.6 Å². The SMILES string of the molecule is CC(C)(C)c1cc(NC(=O)c2cc(F)c(Cl)cc2F)n[nH]1. The molecule has 1 amide bonds. The van der Waals surface area contributed by atoms with Crippen LogP contribution in [0.15, 0.2) is 18.2 Å². The van der Waals surface area contributed by atoms with Crippen LogP contribution in [0.1, 0.15) is 36.8 Å². The molecule has 0 unspecified atom stereocenters. The van der Waals surface area contributed by atoms with Gasteiger partial charge in [-0.15, -0.1) is 0 Å². The average molecular weight is 314 g/mol. The highest BCUT2D eigenvalue weighted by Gasteiger charge is 2.19. The van der Waals surface area contributed by atoms with Crippen LogP contribution in [0, 0.1) is 11.6 Å². The molecule has 0 radical (unpaired) electrons. The van der Waals surface area contributed by atoms with Crippen molar-refractivity contribution in [2.75, 3.05) is 5.32 Å². The summed E-state index contributed by atoms with van der Waals surface area (Å²) in [5, 5.41) is 8.73. The number of hydrogen-bond acceptors (Lipinski definition) is 2. The Morgan fingerprint density at radius 2 is 1.90 bits per heavy atom. The molecule has 0 saturated carbocycles. The lowest BCUT2D eigenvalue weighted by molar-refractivity contribution is 0.102. The smallest absolute Gasteiger partial charge is 0.259 e. The number of nitrogens with zero attached hydrogens (tertiary/aromatic N) is 1. The Labute approximate surface area is 125 Å². The highest BCUT2D eigenvalue weighted by Crippen LogP contribution is 2.23. The van der Waals surface area contributed by atoms with Crippen LogP contribution in [0.25, 0.3) is 0 Å². The van der Waals surface area contributed by atoms with Gasteiger partial charge in [-0.1, -0.05) is 32.4 Å². The van der Waals surface area contributed by atoms with Gasteiger partial charge in [0.05, 0.1) is 10.6 Å². The molecule has 1 heterocycles. The summed E-state index contributed by atoms with van der Waals surface area (Å²) in [4.78, 5) is 11.9. The van der Waals surface area contributed by atoms with E-state index in [1.165, 1.54) is 0 Å². The summed E-state index contributed by atoms with van der Waals surface area (Å²) in [5.41, 5.74) is 0.200.